The molecule has 37 heavy (non-hydrogen) atoms. The highest BCUT2D eigenvalue weighted by Gasteiger charge is 2.35. The average molecular weight is 744 g/mol. The van der Waals surface area contributed by atoms with Crippen LogP contribution in [0.4, 0.5) is 0 Å². The third-order valence-corrected chi connectivity index (χ3v) is 8.03. The molecule has 194 valence electrons. The number of fused-ring (bicyclic) bond motifs is 1. The molecule has 0 radical (unpaired) electrons. The number of carbonyl (C=O) groups excluding carboxylic acids is 1. The van der Waals surface area contributed by atoms with Gasteiger partial charge < -0.3 is 14.2 Å². The number of methoxy groups -OCH3 is 1. The maximum Gasteiger partial charge on any atom is 0.338 e. The molecule has 0 unspecified atom stereocenters. The van der Waals surface area contributed by atoms with Crippen molar-refractivity contribution in [1.29, 1.82) is 0 Å². The van der Waals surface area contributed by atoms with Gasteiger partial charge >= 0.3 is 5.97 Å². The van der Waals surface area contributed by atoms with E-state index in [-0.39, 0.29) is 18.3 Å². The van der Waals surface area contributed by atoms with Gasteiger partial charge in [0.05, 0.1) is 39.2 Å². The molecule has 1 aliphatic heterocycles. The zero-order valence-corrected chi connectivity index (χ0v) is 26.1. The standard InChI is InChI=1S/C27H26I2N2O5S/c1-6-35-26(33)22-15(4)30-27-31(23(22)18-9-7-8-10-20(18)36-14(2)3)25(32)21(37-27)12-16-11-17(28)13-19(29)24(16)34-5/h7-14,23H,6H2,1-5H3/b21-12-/t23-/m1/s1. The molecule has 0 aliphatic carbocycles. The topological polar surface area (TPSA) is 79.1 Å². The Morgan fingerprint density at radius 1 is 1.24 bits per heavy atom. The van der Waals surface area contributed by atoms with E-state index in [2.05, 4.69) is 50.2 Å². The number of carbonyl (C=O) groups is 1. The van der Waals surface area contributed by atoms with Crippen LogP contribution in [0.15, 0.2) is 57.5 Å². The van der Waals surface area contributed by atoms with Crippen molar-refractivity contribution in [2.24, 2.45) is 4.99 Å². The van der Waals surface area contributed by atoms with Gasteiger partial charge in [0, 0.05) is 14.7 Å². The van der Waals surface area contributed by atoms with Crippen molar-refractivity contribution >= 4 is 68.6 Å². The Morgan fingerprint density at radius 2 is 1.97 bits per heavy atom. The van der Waals surface area contributed by atoms with Crippen LogP contribution in [0, 0.1) is 7.14 Å². The molecule has 1 aliphatic rings. The number of hydrogen-bond acceptors (Lipinski definition) is 7. The quantitative estimate of drug-likeness (QED) is 0.257. The highest BCUT2D eigenvalue weighted by atomic mass is 127. The summed E-state index contributed by atoms with van der Waals surface area (Å²) in [5, 5.41) is 0. The van der Waals surface area contributed by atoms with E-state index in [0.29, 0.717) is 37.7 Å². The minimum Gasteiger partial charge on any atom is -0.495 e. The van der Waals surface area contributed by atoms with Crippen molar-refractivity contribution < 1.29 is 19.0 Å². The van der Waals surface area contributed by atoms with Crippen LogP contribution in [0.3, 0.4) is 0 Å². The number of benzene rings is 2. The minimum absolute atomic E-state index is 0.0939. The van der Waals surface area contributed by atoms with Crippen LogP contribution >= 0.6 is 56.5 Å². The minimum atomic E-state index is -0.745. The second-order valence-electron chi connectivity index (χ2n) is 8.52. The second-order valence-corrected chi connectivity index (χ2v) is 11.9. The van der Waals surface area contributed by atoms with E-state index in [1.54, 1.807) is 25.5 Å². The average Bonchev–Trinajstić information content (AvgIpc) is 3.12. The van der Waals surface area contributed by atoms with Crippen LogP contribution in [0.1, 0.15) is 44.9 Å². The molecular weight excluding hydrogens is 718 g/mol. The summed E-state index contributed by atoms with van der Waals surface area (Å²) >= 11 is 5.75. The molecule has 10 heteroatoms. The first-order chi connectivity index (χ1) is 17.7. The summed E-state index contributed by atoms with van der Waals surface area (Å²) in [6.45, 7) is 7.61. The van der Waals surface area contributed by atoms with E-state index in [9.17, 15) is 9.59 Å². The molecule has 7 nitrogen and oxygen atoms in total. The van der Waals surface area contributed by atoms with E-state index >= 15 is 0 Å². The fourth-order valence-corrected chi connectivity index (χ4v) is 7.34. The molecule has 1 atom stereocenters. The van der Waals surface area contributed by atoms with Crippen LogP contribution in [0.25, 0.3) is 6.08 Å². The van der Waals surface area contributed by atoms with E-state index < -0.39 is 12.0 Å². The first-order valence-corrected chi connectivity index (χ1v) is 14.6. The molecule has 0 N–H and O–H groups in total. The zero-order valence-electron chi connectivity index (χ0n) is 21.0. The van der Waals surface area contributed by atoms with Crippen molar-refractivity contribution in [3.63, 3.8) is 0 Å². The summed E-state index contributed by atoms with van der Waals surface area (Å²) in [7, 11) is 1.62. The predicted octanol–water partition coefficient (Wildman–Crippen LogP) is 4.80. The van der Waals surface area contributed by atoms with Gasteiger partial charge in [-0.2, -0.15) is 0 Å². The van der Waals surface area contributed by atoms with Crippen molar-refractivity contribution in [3.05, 3.63) is 85.6 Å². The molecule has 3 aromatic rings. The van der Waals surface area contributed by atoms with Crippen molar-refractivity contribution in [3.8, 4) is 11.5 Å². The molecule has 0 amide bonds. The maximum absolute atomic E-state index is 14.0. The molecule has 0 saturated carbocycles. The molecule has 0 spiro atoms. The number of esters is 1. The summed E-state index contributed by atoms with van der Waals surface area (Å²) < 4.78 is 21.2. The van der Waals surface area contributed by atoms with Gasteiger partial charge in [0.2, 0.25) is 0 Å². The molecule has 0 fully saturated rings. The highest BCUT2D eigenvalue weighted by Crippen LogP contribution is 2.36. The summed E-state index contributed by atoms with van der Waals surface area (Å²) in [6, 6.07) is 10.7. The number of ether oxygens (including phenoxy) is 3. The number of thiazole rings is 1. The highest BCUT2D eigenvalue weighted by molar-refractivity contribution is 14.1. The monoisotopic (exact) mass is 744 g/mol. The van der Waals surface area contributed by atoms with Crippen molar-refractivity contribution in [2.45, 2.75) is 39.8 Å². The number of rotatable bonds is 7. The smallest absolute Gasteiger partial charge is 0.338 e. The number of aromatic nitrogens is 1. The van der Waals surface area contributed by atoms with Gasteiger partial charge in [0.25, 0.3) is 5.56 Å². The van der Waals surface area contributed by atoms with E-state index in [1.165, 1.54) is 11.3 Å². The van der Waals surface area contributed by atoms with Gasteiger partial charge in [0.15, 0.2) is 4.80 Å². The summed E-state index contributed by atoms with van der Waals surface area (Å²) in [5.41, 5.74) is 2.07. The number of nitrogens with zero attached hydrogens (tertiary/aromatic N) is 2. The first-order valence-electron chi connectivity index (χ1n) is 11.6. The lowest BCUT2D eigenvalue weighted by atomic mass is 9.95. The van der Waals surface area contributed by atoms with Crippen LogP contribution in [-0.2, 0) is 9.53 Å². The maximum atomic E-state index is 14.0. The lowest BCUT2D eigenvalue weighted by molar-refractivity contribution is -0.139. The molecule has 2 heterocycles. The molecule has 4 rings (SSSR count). The van der Waals surface area contributed by atoms with E-state index in [1.807, 2.05) is 56.3 Å². The van der Waals surface area contributed by atoms with Crippen molar-refractivity contribution in [1.82, 2.24) is 4.57 Å². The Kier molecular flexibility index (Phi) is 8.79. The normalized spacial score (nSPS) is 15.5. The molecule has 0 bridgehead atoms. The molecule has 2 aromatic carbocycles. The van der Waals surface area contributed by atoms with E-state index in [0.717, 1.165) is 12.7 Å². The predicted molar refractivity (Wildman–Crippen MR) is 161 cm³/mol. The summed E-state index contributed by atoms with van der Waals surface area (Å²) in [6.07, 6.45) is 1.73. The van der Waals surface area contributed by atoms with Crippen LogP contribution < -0.4 is 24.4 Å². The van der Waals surface area contributed by atoms with Gasteiger partial charge in [-0.1, -0.05) is 29.5 Å². The fourth-order valence-electron chi connectivity index (χ4n) is 4.20. The van der Waals surface area contributed by atoms with Crippen LogP contribution in [-0.4, -0.2) is 30.4 Å². The Hall–Kier alpha value is -2.19. The first kappa shape index (κ1) is 27.8. The van der Waals surface area contributed by atoms with Gasteiger partial charge in [0.1, 0.15) is 17.5 Å². The number of allylic oxidation sites excluding steroid dienone is 1. The molecular formula is C27H26I2N2O5S. The number of hydrogen-bond donors (Lipinski definition) is 0. The van der Waals surface area contributed by atoms with Gasteiger partial charge in [-0.25, -0.2) is 9.79 Å². The number of halogens is 2. The SMILES string of the molecule is CCOC(=O)C1=C(C)N=c2s/c(=C\c3cc(I)cc(I)c3OC)c(=O)n2[C@@H]1c1ccccc1OC(C)C. The molecule has 0 saturated heterocycles. The largest absolute Gasteiger partial charge is 0.495 e. The summed E-state index contributed by atoms with van der Waals surface area (Å²) in [5.74, 6) is 0.793. The van der Waals surface area contributed by atoms with Gasteiger partial charge in [-0.05, 0) is 97.2 Å². The van der Waals surface area contributed by atoms with Crippen LogP contribution in [0.2, 0.25) is 0 Å². The Labute approximate surface area is 246 Å². The molecule has 1 aromatic heterocycles. The van der Waals surface area contributed by atoms with Crippen molar-refractivity contribution in [2.75, 3.05) is 13.7 Å². The van der Waals surface area contributed by atoms with E-state index in [4.69, 9.17) is 14.2 Å². The number of para-hydroxylation sites is 1. The zero-order chi connectivity index (χ0) is 26.9. The third kappa shape index (κ3) is 5.65. The van der Waals surface area contributed by atoms with Crippen LogP contribution in [0.5, 0.6) is 11.5 Å². The lowest BCUT2D eigenvalue weighted by Gasteiger charge is -2.26. The Morgan fingerprint density at radius 3 is 2.65 bits per heavy atom. The Balaban J connectivity index is 2.01. The van der Waals surface area contributed by atoms with Gasteiger partial charge in [-0.15, -0.1) is 0 Å². The van der Waals surface area contributed by atoms with Gasteiger partial charge in [-0.3, -0.25) is 9.36 Å². The Bertz CT molecular complexity index is 1570. The lowest BCUT2D eigenvalue weighted by Crippen LogP contribution is -2.40. The second kappa shape index (κ2) is 11.7. The third-order valence-electron chi connectivity index (χ3n) is 5.62. The summed E-state index contributed by atoms with van der Waals surface area (Å²) in [4.78, 5) is 32.3. The fraction of sp³-hybridized carbons (Fsp3) is 0.296.